The number of nitrogens with one attached hydrogen (secondary N) is 2. The van der Waals surface area contributed by atoms with E-state index >= 15 is 0 Å². The molecule has 2 amide bonds. The van der Waals surface area contributed by atoms with Gasteiger partial charge in [-0.25, -0.2) is 0 Å². The summed E-state index contributed by atoms with van der Waals surface area (Å²) in [7, 11) is 0. The van der Waals surface area contributed by atoms with E-state index in [1.807, 2.05) is 6.07 Å². The van der Waals surface area contributed by atoms with Gasteiger partial charge in [0.2, 0.25) is 5.91 Å². The van der Waals surface area contributed by atoms with Gasteiger partial charge in [-0.1, -0.05) is 30.3 Å². The molecule has 6 heteroatoms. The number of amides is 2. The summed E-state index contributed by atoms with van der Waals surface area (Å²) in [4.78, 5) is 28.2. The Balaban J connectivity index is 1.53. The maximum Gasteiger partial charge on any atom is 0.255 e. The van der Waals surface area contributed by atoms with Crippen LogP contribution in [0, 0.1) is 0 Å². The summed E-state index contributed by atoms with van der Waals surface area (Å²) in [6, 6.07) is 17.1. The minimum Gasteiger partial charge on any atom is -0.506 e. The molecule has 0 spiro atoms. The molecule has 0 bridgehead atoms. The van der Waals surface area contributed by atoms with E-state index in [1.165, 1.54) is 6.07 Å². The van der Waals surface area contributed by atoms with Crippen LogP contribution >= 0.6 is 0 Å². The van der Waals surface area contributed by atoms with Crippen molar-refractivity contribution in [2.24, 2.45) is 0 Å². The highest BCUT2D eigenvalue weighted by molar-refractivity contribution is 6.05. The van der Waals surface area contributed by atoms with Gasteiger partial charge in [0.15, 0.2) is 0 Å². The number of pyridine rings is 1. The van der Waals surface area contributed by atoms with Crippen molar-refractivity contribution in [3.05, 3.63) is 89.7 Å². The van der Waals surface area contributed by atoms with Gasteiger partial charge in [-0.15, -0.1) is 0 Å². The van der Waals surface area contributed by atoms with Crippen LogP contribution in [0.25, 0.3) is 0 Å². The number of rotatable bonds is 6. The molecule has 3 N–H and O–H groups in total. The minimum atomic E-state index is -0.316. The second kappa shape index (κ2) is 8.62. The van der Waals surface area contributed by atoms with E-state index in [0.29, 0.717) is 17.8 Å². The number of aromatic hydroxyl groups is 1. The summed E-state index contributed by atoms with van der Waals surface area (Å²) in [5.74, 6) is -0.396. The largest absolute Gasteiger partial charge is 0.506 e. The van der Waals surface area contributed by atoms with Crippen LogP contribution in [0.5, 0.6) is 5.75 Å². The lowest BCUT2D eigenvalue weighted by Crippen LogP contribution is -2.24. The van der Waals surface area contributed by atoms with Crippen molar-refractivity contribution in [2.45, 2.75) is 13.0 Å². The summed E-state index contributed by atoms with van der Waals surface area (Å²) < 4.78 is 0. The predicted octanol–water partition coefficient (Wildman–Crippen LogP) is 2.90. The van der Waals surface area contributed by atoms with Crippen LogP contribution in [0.3, 0.4) is 0 Å². The fraction of sp³-hybridized carbons (Fsp3) is 0.0952. The SMILES string of the molecule is O=C(Cc1cccnc1)NCc1ccc(C(=O)Nc2ccccc2O)cc1. The molecule has 0 atom stereocenters. The zero-order valence-electron chi connectivity index (χ0n) is 14.6. The van der Waals surface area contributed by atoms with Crippen molar-refractivity contribution < 1.29 is 14.7 Å². The van der Waals surface area contributed by atoms with Crippen LogP contribution in [0.2, 0.25) is 0 Å². The monoisotopic (exact) mass is 361 g/mol. The standard InChI is InChI=1S/C21H19N3O3/c25-19-6-2-1-5-18(19)24-21(27)17-9-7-15(8-10-17)14-23-20(26)12-16-4-3-11-22-13-16/h1-11,13,25H,12,14H2,(H,23,26)(H,24,27). The Morgan fingerprint density at radius 2 is 1.70 bits per heavy atom. The van der Waals surface area contributed by atoms with Gasteiger partial charge in [0.1, 0.15) is 5.75 Å². The van der Waals surface area contributed by atoms with Gasteiger partial charge >= 0.3 is 0 Å². The van der Waals surface area contributed by atoms with Crippen molar-refractivity contribution >= 4 is 17.5 Å². The molecule has 6 nitrogen and oxygen atoms in total. The fourth-order valence-electron chi connectivity index (χ4n) is 2.50. The van der Waals surface area contributed by atoms with Crippen LogP contribution < -0.4 is 10.6 Å². The Morgan fingerprint density at radius 1 is 0.926 bits per heavy atom. The molecule has 0 radical (unpaired) electrons. The Labute approximate surface area is 156 Å². The number of para-hydroxylation sites is 2. The number of hydrogen-bond acceptors (Lipinski definition) is 4. The lowest BCUT2D eigenvalue weighted by molar-refractivity contribution is -0.120. The van der Waals surface area contributed by atoms with Gasteiger partial charge < -0.3 is 15.7 Å². The molecule has 0 fully saturated rings. The maximum absolute atomic E-state index is 12.2. The average molecular weight is 361 g/mol. The van der Waals surface area contributed by atoms with Crippen molar-refractivity contribution in [3.63, 3.8) is 0 Å². The average Bonchev–Trinajstić information content (AvgIpc) is 2.69. The number of anilines is 1. The molecule has 3 rings (SSSR count). The Bertz CT molecular complexity index is 925. The van der Waals surface area contributed by atoms with Gasteiger partial charge in [0, 0.05) is 24.5 Å². The number of hydrogen-bond donors (Lipinski definition) is 3. The Kier molecular flexibility index (Phi) is 5.79. The van der Waals surface area contributed by atoms with Gasteiger partial charge in [0.25, 0.3) is 5.91 Å². The number of carbonyl (C=O) groups excluding carboxylic acids is 2. The van der Waals surface area contributed by atoms with E-state index in [-0.39, 0.29) is 24.0 Å². The first-order valence-corrected chi connectivity index (χ1v) is 8.46. The van der Waals surface area contributed by atoms with Crippen LogP contribution in [-0.4, -0.2) is 21.9 Å². The molecule has 0 aliphatic carbocycles. The lowest BCUT2D eigenvalue weighted by atomic mass is 10.1. The molecule has 27 heavy (non-hydrogen) atoms. The number of aromatic nitrogens is 1. The molecule has 0 saturated heterocycles. The molecular formula is C21H19N3O3. The predicted molar refractivity (Wildman–Crippen MR) is 102 cm³/mol. The van der Waals surface area contributed by atoms with E-state index in [9.17, 15) is 14.7 Å². The second-order valence-electron chi connectivity index (χ2n) is 5.98. The summed E-state index contributed by atoms with van der Waals surface area (Å²) in [6.45, 7) is 0.375. The Morgan fingerprint density at radius 3 is 2.41 bits per heavy atom. The van der Waals surface area contributed by atoms with Crippen LogP contribution in [0.1, 0.15) is 21.5 Å². The Hall–Kier alpha value is -3.67. The van der Waals surface area contributed by atoms with Gasteiger partial charge in [-0.2, -0.15) is 0 Å². The van der Waals surface area contributed by atoms with Crippen LogP contribution in [0.15, 0.2) is 73.1 Å². The van der Waals surface area contributed by atoms with E-state index in [1.54, 1.807) is 60.9 Å². The number of phenols is 1. The third-order valence-corrected chi connectivity index (χ3v) is 3.95. The first-order chi connectivity index (χ1) is 13.1. The third kappa shape index (κ3) is 5.15. The third-order valence-electron chi connectivity index (χ3n) is 3.95. The van der Waals surface area contributed by atoms with Crippen LogP contribution in [-0.2, 0) is 17.8 Å². The molecule has 3 aromatic rings. The molecular weight excluding hydrogens is 342 g/mol. The smallest absolute Gasteiger partial charge is 0.255 e. The maximum atomic E-state index is 12.2. The zero-order valence-corrected chi connectivity index (χ0v) is 14.6. The quantitative estimate of drug-likeness (QED) is 0.589. The summed E-state index contributed by atoms with van der Waals surface area (Å²) in [6.07, 6.45) is 3.60. The summed E-state index contributed by atoms with van der Waals surface area (Å²) in [5, 5.41) is 15.2. The van der Waals surface area contributed by atoms with Gasteiger partial charge in [-0.05, 0) is 41.5 Å². The molecule has 0 unspecified atom stereocenters. The fourth-order valence-corrected chi connectivity index (χ4v) is 2.50. The number of nitrogens with zero attached hydrogens (tertiary/aromatic N) is 1. The number of benzene rings is 2. The number of phenolic OH excluding ortho intramolecular Hbond substituents is 1. The molecule has 0 aliphatic rings. The van der Waals surface area contributed by atoms with Crippen molar-refractivity contribution in [3.8, 4) is 5.75 Å². The molecule has 1 heterocycles. The van der Waals surface area contributed by atoms with Crippen molar-refractivity contribution in [2.75, 3.05) is 5.32 Å². The molecule has 136 valence electrons. The highest BCUT2D eigenvalue weighted by Crippen LogP contribution is 2.22. The highest BCUT2D eigenvalue weighted by atomic mass is 16.3. The van der Waals surface area contributed by atoms with Gasteiger partial charge in [-0.3, -0.25) is 14.6 Å². The first kappa shape index (κ1) is 18.1. The first-order valence-electron chi connectivity index (χ1n) is 8.46. The van der Waals surface area contributed by atoms with E-state index < -0.39 is 0 Å². The molecule has 0 aliphatic heterocycles. The topological polar surface area (TPSA) is 91.3 Å². The highest BCUT2D eigenvalue weighted by Gasteiger charge is 2.09. The molecule has 0 saturated carbocycles. The van der Waals surface area contributed by atoms with E-state index in [2.05, 4.69) is 15.6 Å². The number of carbonyl (C=O) groups is 2. The van der Waals surface area contributed by atoms with Crippen molar-refractivity contribution in [1.29, 1.82) is 0 Å². The normalized spacial score (nSPS) is 10.2. The lowest BCUT2D eigenvalue weighted by Gasteiger charge is -2.08. The minimum absolute atomic E-state index is 0.0128. The van der Waals surface area contributed by atoms with Crippen LogP contribution in [0.4, 0.5) is 5.69 Å². The van der Waals surface area contributed by atoms with E-state index in [0.717, 1.165) is 11.1 Å². The van der Waals surface area contributed by atoms with Crippen molar-refractivity contribution in [1.82, 2.24) is 10.3 Å². The summed E-state index contributed by atoms with van der Waals surface area (Å²) in [5.41, 5.74) is 2.55. The zero-order chi connectivity index (χ0) is 19.1. The van der Waals surface area contributed by atoms with Gasteiger partial charge in [0.05, 0.1) is 12.1 Å². The van der Waals surface area contributed by atoms with E-state index in [4.69, 9.17) is 0 Å². The summed E-state index contributed by atoms with van der Waals surface area (Å²) >= 11 is 0. The molecule has 1 aromatic heterocycles. The second-order valence-corrected chi connectivity index (χ2v) is 5.98. The molecule has 2 aromatic carbocycles.